The Morgan fingerprint density at radius 3 is 2.67 bits per heavy atom. The molecule has 0 heterocycles. The van der Waals surface area contributed by atoms with Gasteiger partial charge in [-0.15, -0.1) is 0 Å². The largest absolute Gasteiger partial charge is 0.492 e. The molecule has 0 aromatic heterocycles. The standard InChI is InChI=1S/C16H27NO/c1-4-15-9-5-6-10-16(15)18-13-12-17-11-7-8-14(2)3/h5-6,9-10,14,17H,4,7-8,11-13H2,1-3H3. The molecule has 0 fully saturated rings. The summed E-state index contributed by atoms with van der Waals surface area (Å²) >= 11 is 0. The van der Waals surface area contributed by atoms with E-state index in [0.717, 1.165) is 37.8 Å². The van der Waals surface area contributed by atoms with Crippen molar-refractivity contribution in [3.05, 3.63) is 29.8 Å². The third-order valence-corrected chi connectivity index (χ3v) is 3.02. The third kappa shape index (κ3) is 6.06. The van der Waals surface area contributed by atoms with E-state index in [9.17, 15) is 0 Å². The summed E-state index contributed by atoms with van der Waals surface area (Å²) < 4.78 is 5.79. The first-order valence-corrected chi connectivity index (χ1v) is 7.15. The van der Waals surface area contributed by atoms with Crippen LogP contribution in [0.4, 0.5) is 0 Å². The summed E-state index contributed by atoms with van der Waals surface area (Å²) in [5.74, 6) is 1.84. The minimum Gasteiger partial charge on any atom is -0.492 e. The minimum absolute atomic E-state index is 0.749. The summed E-state index contributed by atoms with van der Waals surface area (Å²) in [5, 5.41) is 3.42. The second-order valence-electron chi connectivity index (χ2n) is 5.10. The summed E-state index contributed by atoms with van der Waals surface area (Å²) in [4.78, 5) is 0. The molecule has 1 aromatic rings. The smallest absolute Gasteiger partial charge is 0.122 e. The van der Waals surface area contributed by atoms with E-state index in [1.807, 2.05) is 6.07 Å². The summed E-state index contributed by atoms with van der Waals surface area (Å²) in [7, 11) is 0. The highest BCUT2D eigenvalue weighted by molar-refractivity contribution is 5.33. The van der Waals surface area contributed by atoms with Crippen LogP contribution in [0.3, 0.4) is 0 Å². The van der Waals surface area contributed by atoms with E-state index in [2.05, 4.69) is 44.3 Å². The van der Waals surface area contributed by atoms with Gasteiger partial charge < -0.3 is 10.1 Å². The Balaban J connectivity index is 2.10. The van der Waals surface area contributed by atoms with Gasteiger partial charge in [-0.1, -0.05) is 39.0 Å². The van der Waals surface area contributed by atoms with E-state index in [4.69, 9.17) is 4.74 Å². The predicted molar refractivity (Wildman–Crippen MR) is 78.3 cm³/mol. The fraction of sp³-hybridized carbons (Fsp3) is 0.625. The SMILES string of the molecule is CCc1ccccc1OCCNCCCC(C)C. The first kappa shape index (κ1) is 15.0. The van der Waals surface area contributed by atoms with Gasteiger partial charge >= 0.3 is 0 Å². The van der Waals surface area contributed by atoms with Crippen LogP contribution in [0.25, 0.3) is 0 Å². The topological polar surface area (TPSA) is 21.3 Å². The van der Waals surface area contributed by atoms with Crippen molar-refractivity contribution in [3.8, 4) is 5.75 Å². The Morgan fingerprint density at radius 2 is 1.94 bits per heavy atom. The number of ether oxygens (including phenoxy) is 1. The van der Waals surface area contributed by atoms with Crippen molar-refractivity contribution >= 4 is 0 Å². The van der Waals surface area contributed by atoms with Crippen molar-refractivity contribution < 1.29 is 4.74 Å². The Bertz CT molecular complexity index is 323. The summed E-state index contributed by atoms with van der Waals surface area (Å²) in [6, 6.07) is 8.28. The molecule has 0 radical (unpaired) electrons. The molecule has 0 aliphatic heterocycles. The molecule has 1 rings (SSSR count). The third-order valence-electron chi connectivity index (χ3n) is 3.02. The highest BCUT2D eigenvalue weighted by atomic mass is 16.5. The number of benzene rings is 1. The van der Waals surface area contributed by atoms with E-state index in [1.54, 1.807) is 0 Å². The van der Waals surface area contributed by atoms with Crippen molar-refractivity contribution in [1.82, 2.24) is 5.32 Å². The van der Waals surface area contributed by atoms with E-state index in [1.165, 1.54) is 18.4 Å². The number of hydrogen-bond donors (Lipinski definition) is 1. The molecule has 0 spiro atoms. The maximum atomic E-state index is 5.79. The van der Waals surface area contributed by atoms with Gasteiger partial charge in [-0.25, -0.2) is 0 Å². The van der Waals surface area contributed by atoms with Crippen molar-refractivity contribution in [3.63, 3.8) is 0 Å². The molecule has 1 aromatic carbocycles. The summed E-state index contributed by atoms with van der Waals surface area (Å²) in [5.41, 5.74) is 1.29. The quantitative estimate of drug-likeness (QED) is 0.674. The first-order chi connectivity index (χ1) is 8.74. The molecule has 18 heavy (non-hydrogen) atoms. The molecule has 0 saturated carbocycles. The van der Waals surface area contributed by atoms with Gasteiger partial charge in [-0.05, 0) is 43.4 Å². The molecule has 2 nitrogen and oxygen atoms in total. The molecule has 1 N–H and O–H groups in total. The van der Waals surface area contributed by atoms with Crippen molar-refractivity contribution in [2.24, 2.45) is 5.92 Å². The molecule has 0 aliphatic rings. The van der Waals surface area contributed by atoms with Gasteiger partial charge in [0.05, 0.1) is 0 Å². The highest BCUT2D eigenvalue weighted by Gasteiger charge is 1.99. The van der Waals surface area contributed by atoms with Crippen LogP contribution in [0, 0.1) is 5.92 Å². The average molecular weight is 249 g/mol. The Kier molecular flexibility index (Phi) is 7.51. The molecule has 0 aliphatic carbocycles. The van der Waals surface area contributed by atoms with Crippen LogP contribution in [0.5, 0.6) is 5.75 Å². The lowest BCUT2D eigenvalue weighted by Gasteiger charge is -2.11. The maximum absolute atomic E-state index is 5.79. The number of para-hydroxylation sites is 1. The van der Waals surface area contributed by atoms with Gasteiger partial charge in [0.15, 0.2) is 0 Å². The van der Waals surface area contributed by atoms with E-state index < -0.39 is 0 Å². The Morgan fingerprint density at radius 1 is 1.17 bits per heavy atom. The molecular weight excluding hydrogens is 222 g/mol. The second-order valence-corrected chi connectivity index (χ2v) is 5.10. The fourth-order valence-electron chi connectivity index (χ4n) is 1.93. The minimum atomic E-state index is 0.749. The predicted octanol–water partition coefficient (Wildman–Crippen LogP) is 3.65. The summed E-state index contributed by atoms with van der Waals surface area (Å²) in [6.07, 6.45) is 3.58. The van der Waals surface area contributed by atoms with Crippen LogP contribution in [-0.2, 0) is 6.42 Å². The first-order valence-electron chi connectivity index (χ1n) is 7.15. The number of rotatable bonds is 9. The zero-order valence-corrected chi connectivity index (χ0v) is 12.0. The summed E-state index contributed by atoms with van der Waals surface area (Å²) in [6.45, 7) is 9.47. The van der Waals surface area contributed by atoms with Crippen molar-refractivity contribution in [2.45, 2.75) is 40.0 Å². The van der Waals surface area contributed by atoms with Gasteiger partial charge in [-0.3, -0.25) is 0 Å². The molecular formula is C16H27NO. The molecule has 0 saturated heterocycles. The normalized spacial score (nSPS) is 10.9. The van der Waals surface area contributed by atoms with Crippen LogP contribution in [-0.4, -0.2) is 19.7 Å². The number of nitrogens with one attached hydrogen (secondary N) is 1. The van der Waals surface area contributed by atoms with Crippen LogP contribution >= 0.6 is 0 Å². The lowest BCUT2D eigenvalue weighted by molar-refractivity contribution is 0.310. The van der Waals surface area contributed by atoms with Gasteiger partial charge in [-0.2, -0.15) is 0 Å². The molecule has 102 valence electrons. The van der Waals surface area contributed by atoms with Crippen LogP contribution in [0.2, 0.25) is 0 Å². The zero-order valence-electron chi connectivity index (χ0n) is 12.0. The molecule has 0 amide bonds. The average Bonchev–Trinajstić information content (AvgIpc) is 2.37. The molecule has 0 unspecified atom stereocenters. The van der Waals surface area contributed by atoms with Gasteiger partial charge in [0.1, 0.15) is 12.4 Å². The van der Waals surface area contributed by atoms with Gasteiger partial charge in [0, 0.05) is 6.54 Å². The molecule has 0 atom stereocenters. The van der Waals surface area contributed by atoms with E-state index in [0.29, 0.717) is 0 Å². The molecule has 0 bridgehead atoms. The Labute approximate surface area is 112 Å². The lowest BCUT2D eigenvalue weighted by Crippen LogP contribution is -2.22. The lowest BCUT2D eigenvalue weighted by atomic mass is 10.1. The Hall–Kier alpha value is -1.02. The van der Waals surface area contributed by atoms with Crippen LogP contribution in [0.15, 0.2) is 24.3 Å². The number of aryl methyl sites for hydroxylation is 1. The second kappa shape index (κ2) is 8.98. The van der Waals surface area contributed by atoms with Crippen molar-refractivity contribution in [2.75, 3.05) is 19.7 Å². The van der Waals surface area contributed by atoms with Crippen LogP contribution in [0.1, 0.15) is 39.2 Å². The van der Waals surface area contributed by atoms with E-state index >= 15 is 0 Å². The monoisotopic (exact) mass is 249 g/mol. The number of hydrogen-bond acceptors (Lipinski definition) is 2. The zero-order chi connectivity index (χ0) is 13.2. The fourth-order valence-corrected chi connectivity index (χ4v) is 1.93. The van der Waals surface area contributed by atoms with E-state index in [-0.39, 0.29) is 0 Å². The maximum Gasteiger partial charge on any atom is 0.122 e. The van der Waals surface area contributed by atoms with Gasteiger partial charge in [0.2, 0.25) is 0 Å². The van der Waals surface area contributed by atoms with Crippen molar-refractivity contribution in [1.29, 1.82) is 0 Å². The molecule has 2 heteroatoms. The van der Waals surface area contributed by atoms with Gasteiger partial charge in [0.25, 0.3) is 0 Å². The van der Waals surface area contributed by atoms with Crippen LogP contribution < -0.4 is 10.1 Å². The highest BCUT2D eigenvalue weighted by Crippen LogP contribution is 2.17.